The minimum Gasteiger partial charge on any atom is -0.480 e. The molecule has 0 saturated heterocycles. The lowest BCUT2D eigenvalue weighted by Crippen LogP contribution is -2.15. The zero-order valence-corrected chi connectivity index (χ0v) is 20.1. The summed E-state index contributed by atoms with van der Waals surface area (Å²) in [7, 11) is 3.00. The Labute approximate surface area is 207 Å². The number of methoxy groups -OCH3 is 2. The number of rotatable bonds is 9. The number of ether oxygens (including phenoxy) is 3. The summed E-state index contributed by atoms with van der Waals surface area (Å²) in [4.78, 5) is 36.9. The maximum atomic E-state index is 12.2. The topological polar surface area (TPSA) is 139 Å². The second-order valence-electron chi connectivity index (χ2n) is 7.74. The lowest BCUT2D eigenvalue weighted by Gasteiger charge is -2.16. The summed E-state index contributed by atoms with van der Waals surface area (Å²) < 4.78 is 15.6. The standard InChI is InChI=1S/C26H25N5O5/c1-4-36-25(33)16-6-5-7-18(10-16)30-23-17(12-22(27)32)13-28-21-11-15(8-9-19(21)23)20-14-29-26(35-3)31-24(20)34-2/h5-11,13-14H,4,12H2,1-3H3,(H2,27,32)(H,28,30). The minimum atomic E-state index is -0.490. The third-order valence-electron chi connectivity index (χ3n) is 5.37. The first kappa shape index (κ1) is 24.4. The molecule has 2 aromatic heterocycles. The summed E-state index contributed by atoms with van der Waals surface area (Å²) in [6.07, 6.45) is 3.22. The Morgan fingerprint density at radius 2 is 1.86 bits per heavy atom. The summed E-state index contributed by atoms with van der Waals surface area (Å²) in [5, 5.41) is 4.09. The number of carbonyl (C=O) groups excluding carboxylic acids is 2. The molecular formula is C26H25N5O5. The Hall–Kier alpha value is -4.73. The van der Waals surface area contributed by atoms with Crippen molar-refractivity contribution in [1.29, 1.82) is 0 Å². The third-order valence-corrected chi connectivity index (χ3v) is 5.37. The van der Waals surface area contributed by atoms with Gasteiger partial charge in [0.1, 0.15) is 0 Å². The van der Waals surface area contributed by atoms with E-state index in [-0.39, 0.29) is 19.0 Å². The molecule has 0 fully saturated rings. The first-order chi connectivity index (χ1) is 17.4. The van der Waals surface area contributed by atoms with Crippen molar-refractivity contribution in [2.75, 3.05) is 26.1 Å². The maximum absolute atomic E-state index is 12.2. The fraction of sp³-hybridized carbons (Fsp3) is 0.192. The number of amides is 1. The maximum Gasteiger partial charge on any atom is 0.338 e. The number of aromatic nitrogens is 3. The molecule has 0 aliphatic heterocycles. The predicted molar refractivity (Wildman–Crippen MR) is 134 cm³/mol. The average molecular weight is 488 g/mol. The Morgan fingerprint density at radius 1 is 1.03 bits per heavy atom. The number of fused-ring (bicyclic) bond motifs is 1. The van der Waals surface area contributed by atoms with Crippen molar-refractivity contribution in [3.8, 4) is 23.0 Å². The second-order valence-corrected chi connectivity index (χ2v) is 7.74. The molecular weight excluding hydrogens is 462 g/mol. The van der Waals surface area contributed by atoms with Crippen molar-refractivity contribution in [2.24, 2.45) is 5.73 Å². The summed E-state index contributed by atoms with van der Waals surface area (Å²) in [6.45, 7) is 2.03. The average Bonchev–Trinajstić information content (AvgIpc) is 2.89. The van der Waals surface area contributed by atoms with Crippen LogP contribution in [-0.2, 0) is 16.0 Å². The number of pyridine rings is 1. The smallest absolute Gasteiger partial charge is 0.338 e. The zero-order valence-electron chi connectivity index (χ0n) is 20.1. The molecule has 184 valence electrons. The van der Waals surface area contributed by atoms with Gasteiger partial charge in [0.05, 0.1) is 49.6 Å². The summed E-state index contributed by atoms with van der Waals surface area (Å²) >= 11 is 0. The molecule has 3 N–H and O–H groups in total. The molecule has 0 saturated carbocycles. The van der Waals surface area contributed by atoms with Crippen LogP contribution in [0.2, 0.25) is 0 Å². The van der Waals surface area contributed by atoms with Gasteiger partial charge >= 0.3 is 12.0 Å². The van der Waals surface area contributed by atoms with Gasteiger partial charge in [0, 0.05) is 29.0 Å². The van der Waals surface area contributed by atoms with Crippen LogP contribution in [0, 0.1) is 0 Å². The molecule has 2 aromatic carbocycles. The van der Waals surface area contributed by atoms with E-state index in [0.29, 0.717) is 39.5 Å². The monoisotopic (exact) mass is 487 g/mol. The number of benzene rings is 2. The second kappa shape index (κ2) is 10.7. The van der Waals surface area contributed by atoms with E-state index in [0.717, 1.165) is 10.9 Å². The van der Waals surface area contributed by atoms with Gasteiger partial charge in [0.2, 0.25) is 11.8 Å². The van der Waals surface area contributed by atoms with Gasteiger partial charge in [0.25, 0.3) is 0 Å². The normalized spacial score (nSPS) is 10.6. The lowest BCUT2D eigenvalue weighted by molar-refractivity contribution is -0.117. The highest BCUT2D eigenvalue weighted by molar-refractivity contribution is 5.99. The van der Waals surface area contributed by atoms with E-state index in [1.54, 1.807) is 37.5 Å². The molecule has 0 aliphatic carbocycles. The third kappa shape index (κ3) is 5.17. The van der Waals surface area contributed by atoms with Crippen molar-refractivity contribution in [2.45, 2.75) is 13.3 Å². The quantitative estimate of drug-likeness (QED) is 0.339. The number of carbonyl (C=O) groups is 2. The van der Waals surface area contributed by atoms with Gasteiger partial charge < -0.3 is 25.3 Å². The molecule has 1 amide bonds. The molecule has 4 aromatic rings. The van der Waals surface area contributed by atoms with Crippen molar-refractivity contribution in [3.63, 3.8) is 0 Å². The summed E-state index contributed by atoms with van der Waals surface area (Å²) in [6, 6.07) is 12.8. The Kier molecular flexibility index (Phi) is 7.24. The van der Waals surface area contributed by atoms with Gasteiger partial charge in [-0.15, -0.1) is 0 Å². The number of primary amides is 1. The fourth-order valence-corrected chi connectivity index (χ4v) is 3.76. The first-order valence-corrected chi connectivity index (χ1v) is 11.1. The van der Waals surface area contributed by atoms with Gasteiger partial charge in [-0.3, -0.25) is 9.78 Å². The highest BCUT2D eigenvalue weighted by atomic mass is 16.5. The molecule has 2 heterocycles. The van der Waals surface area contributed by atoms with Gasteiger partial charge in [-0.1, -0.05) is 18.2 Å². The zero-order chi connectivity index (χ0) is 25.7. The van der Waals surface area contributed by atoms with Gasteiger partial charge in [-0.2, -0.15) is 4.98 Å². The molecule has 0 radical (unpaired) electrons. The minimum absolute atomic E-state index is 0.00919. The van der Waals surface area contributed by atoms with Crippen molar-refractivity contribution in [3.05, 3.63) is 66.0 Å². The number of nitrogens with zero attached hydrogens (tertiary/aromatic N) is 3. The van der Waals surface area contributed by atoms with E-state index in [9.17, 15) is 9.59 Å². The number of nitrogens with one attached hydrogen (secondary N) is 1. The molecule has 10 nitrogen and oxygen atoms in total. The van der Waals surface area contributed by atoms with Crippen molar-refractivity contribution in [1.82, 2.24) is 15.0 Å². The van der Waals surface area contributed by atoms with Crippen LogP contribution < -0.4 is 20.5 Å². The van der Waals surface area contributed by atoms with Crippen LogP contribution in [0.3, 0.4) is 0 Å². The van der Waals surface area contributed by atoms with E-state index in [2.05, 4.69) is 20.3 Å². The van der Waals surface area contributed by atoms with Gasteiger partial charge in [0.15, 0.2) is 0 Å². The SMILES string of the molecule is CCOC(=O)c1cccc(Nc2c(CC(N)=O)cnc3cc(-c4cnc(OC)nc4OC)ccc23)c1. The largest absolute Gasteiger partial charge is 0.480 e. The van der Waals surface area contributed by atoms with E-state index >= 15 is 0 Å². The number of anilines is 2. The van der Waals surface area contributed by atoms with Crippen LogP contribution in [0.25, 0.3) is 22.0 Å². The van der Waals surface area contributed by atoms with E-state index in [1.807, 2.05) is 24.3 Å². The number of nitrogens with two attached hydrogens (primary N) is 1. The number of hydrogen-bond acceptors (Lipinski definition) is 9. The first-order valence-electron chi connectivity index (χ1n) is 11.1. The molecule has 4 rings (SSSR count). The van der Waals surface area contributed by atoms with E-state index in [4.69, 9.17) is 19.9 Å². The Balaban J connectivity index is 1.79. The van der Waals surface area contributed by atoms with Crippen LogP contribution in [0.1, 0.15) is 22.8 Å². The van der Waals surface area contributed by atoms with Crippen LogP contribution in [0.4, 0.5) is 11.4 Å². The van der Waals surface area contributed by atoms with E-state index in [1.165, 1.54) is 14.2 Å². The molecule has 0 spiro atoms. The molecule has 0 unspecified atom stereocenters. The summed E-state index contributed by atoms with van der Waals surface area (Å²) in [5.74, 6) is -0.546. The van der Waals surface area contributed by atoms with Crippen LogP contribution in [0.5, 0.6) is 11.9 Å². The van der Waals surface area contributed by atoms with E-state index < -0.39 is 11.9 Å². The highest BCUT2D eigenvalue weighted by Crippen LogP contribution is 2.35. The molecule has 36 heavy (non-hydrogen) atoms. The highest BCUT2D eigenvalue weighted by Gasteiger charge is 2.16. The molecule has 0 aliphatic rings. The fourth-order valence-electron chi connectivity index (χ4n) is 3.76. The van der Waals surface area contributed by atoms with Crippen molar-refractivity contribution < 1.29 is 23.8 Å². The number of esters is 1. The van der Waals surface area contributed by atoms with Crippen LogP contribution >= 0.6 is 0 Å². The summed E-state index contributed by atoms with van der Waals surface area (Å²) in [5.41, 5.74) is 9.93. The lowest BCUT2D eigenvalue weighted by atomic mass is 10.0. The van der Waals surface area contributed by atoms with Crippen molar-refractivity contribution >= 4 is 34.2 Å². The molecule has 10 heteroatoms. The Bertz CT molecular complexity index is 1440. The molecule has 0 bridgehead atoms. The number of hydrogen-bond donors (Lipinski definition) is 2. The predicted octanol–water partition coefficient (Wildman–Crippen LogP) is 3.66. The molecule has 0 atom stereocenters. The Morgan fingerprint density at radius 3 is 2.58 bits per heavy atom. The van der Waals surface area contributed by atoms with Gasteiger partial charge in [-0.25, -0.2) is 9.78 Å². The van der Waals surface area contributed by atoms with Crippen LogP contribution in [-0.4, -0.2) is 47.7 Å². The van der Waals surface area contributed by atoms with Crippen LogP contribution in [0.15, 0.2) is 54.9 Å². The van der Waals surface area contributed by atoms with Gasteiger partial charge in [-0.05, 0) is 36.8 Å².